The normalized spacial score (nSPS) is 21.2. The molecule has 0 spiro atoms. The number of aliphatic hydroxyl groups excluding tert-OH is 1. The van der Waals surface area contributed by atoms with Crippen molar-refractivity contribution < 1.29 is 14.8 Å². The zero-order valence-corrected chi connectivity index (χ0v) is 19.7. The van der Waals surface area contributed by atoms with Crippen molar-refractivity contribution in [3.8, 4) is 0 Å². The summed E-state index contributed by atoms with van der Waals surface area (Å²) in [5.74, 6) is 0.00246. The molecule has 1 saturated heterocycles. The van der Waals surface area contributed by atoms with Crippen molar-refractivity contribution in [1.29, 1.82) is 0 Å². The molecule has 35 heavy (non-hydrogen) atoms. The van der Waals surface area contributed by atoms with E-state index in [1.165, 1.54) is 43.0 Å². The summed E-state index contributed by atoms with van der Waals surface area (Å²) in [5.41, 5.74) is 3.04. The molecule has 1 aliphatic carbocycles. The van der Waals surface area contributed by atoms with Gasteiger partial charge in [-0.1, -0.05) is 18.6 Å². The standard InChI is InChI=1S/C26H31N5O4/c32-22-10-8-20(9-11-22)30-24-12-7-18(17-29-13-2-1-3-14-29)15-23(24)27-26(30)28-25(33)19-5-4-6-21(16-19)31(34)35/h4-7,12,15-16,20,22,32H,1-3,8-11,13-14,17H2,(H,27,28,33). The number of aliphatic hydroxyl groups is 1. The number of hydrogen-bond donors (Lipinski definition) is 2. The van der Waals surface area contributed by atoms with Gasteiger partial charge in [0, 0.05) is 30.3 Å². The second-order valence-electron chi connectivity index (χ2n) is 9.69. The molecule has 1 aromatic heterocycles. The van der Waals surface area contributed by atoms with E-state index in [9.17, 15) is 20.0 Å². The van der Waals surface area contributed by atoms with Gasteiger partial charge in [-0.25, -0.2) is 4.98 Å². The number of piperidine rings is 1. The minimum Gasteiger partial charge on any atom is -0.393 e. The number of nitrogens with zero attached hydrogens (tertiary/aromatic N) is 4. The van der Waals surface area contributed by atoms with Gasteiger partial charge in [0.15, 0.2) is 0 Å². The number of nitro groups is 1. The highest BCUT2D eigenvalue weighted by molar-refractivity contribution is 6.04. The van der Waals surface area contributed by atoms with E-state index in [4.69, 9.17) is 4.98 Å². The smallest absolute Gasteiger partial charge is 0.270 e. The molecule has 1 saturated carbocycles. The van der Waals surface area contributed by atoms with Crippen LogP contribution in [0.4, 0.5) is 11.6 Å². The number of amides is 1. The van der Waals surface area contributed by atoms with Gasteiger partial charge < -0.3 is 9.67 Å². The van der Waals surface area contributed by atoms with Gasteiger partial charge in [0.1, 0.15) is 0 Å². The summed E-state index contributed by atoms with van der Waals surface area (Å²) >= 11 is 0. The monoisotopic (exact) mass is 477 g/mol. The van der Waals surface area contributed by atoms with Gasteiger partial charge in [-0.05, 0) is 75.4 Å². The average molecular weight is 478 g/mol. The molecule has 3 aromatic rings. The molecule has 0 bridgehead atoms. The van der Waals surface area contributed by atoms with Gasteiger partial charge in [-0.3, -0.25) is 25.1 Å². The molecule has 5 rings (SSSR count). The lowest BCUT2D eigenvalue weighted by atomic mass is 9.93. The summed E-state index contributed by atoms with van der Waals surface area (Å²) in [6.45, 7) is 3.11. The minimum absolute atomic E-state index is 0.108. The first-order chi connectivity index (χ1) is 17.0. The third kappa shape index (κ3) is 5.21. The number of non-ortho nitro benzene ring substituents is 1. The lowest BCUT2D eigenvalue weighted by Gasteiger charge is -2.28. The van der Waals surface area contributed by atoms with Crippen molar-refractivity contribution in [2.75, 3.05) is 18.4 Å². The lowest BCUT2D eigenvalue weighted by molar-refractivity contribution is -0.384. The van der Waals surface area contributed by atoms with Gasteiger partial charge in [-0.15, -0.1) is 0 Å². The van der Waals surface area contributed by atoms with Gasteiger partial charge in [-0.2, -0.15) is 0 Å². The van der Waals surface area contributed by atoms with Crippen molar-refractivity contribution in [1.82, 2.24) is 14.5 Å². The number of rotatable bonds is 6. The molecule has 0 atom stereocenters. The van der Waals surface area contributed by atoms with Gasteiger partial charge in [0.05, 0.1) is 22.1 Å². The third-order valence-electron chi connectivity index (χ3n) is 7.18. The summed E-state index contributed by atoms with van der Waals surface area (Å²) < 4.78 is 2.07. The fourth-order valence-electron chi connectivity index (χ4n) is 5.33. The van der Waals surface area contributed by atoms with Crippen LogP contribution in [0.15, 0.2) is 42.5 Å². The molecule has 2 aromatic carbocycles. The van der Waals surface area contributed by atoms with Crippen LogP contribution in [0.1, 0.15) is 66.9 Å². The van der Waals surface area contributed by atoms with E-state index in [1.54, 1.807) is 6.07 Å². The Balaban J connectivity index is 1.46. The molecule has 9 heteroatoms. The summed E-state index contributed by atoms with van der Waals surface area (Å²) in [6.07, 6.45) is 6.47. The SMILES string of the molecule is O=C(Nc1nc2cc(CN3CCCCC3)ccc2n1C1CCC(O)CC1)c1cccc([N+](=O)[O-])c1. The van der Waals surface area contributed by atoms with Crippen LogP contribution in [0.3, 0.4) is 0 Å². The molecule has 2 N–H and O–H groups in total. The number of imidazole rings is 1. The zero-order valence-electron chi connectivity index (χ0n) is 19.7. The summed E-state index contributed by atoms with van der Waals surface area (Å²) in [4.78, 5) is 31.0. The number of nitro benzene ring substituents is 1. The molecular formula is C26H31N5O4. The second-order valence-corrected chi connectivity index (χ2v) is 9.69. The molecule has 2 aliphatic rings. The summed E-state index contributed by atoms with van der Waals surface area (Å²) in [5, 5.41) is 24.1. The Kier molecular flexibility index (Phi) is 6.79. The molecular weight excluding hydrogens is 446 g/mol. The number of nitrogens with one attached hydrogen (secondary N) is 1. The first kappa shape index (κ1) is 23.4. The maximum atomic E-state index is 13.0. The first-order valence-electron chi connectivity index (χ1n) is 12.4. The Labute approximate surface area is 203 Å². The molecule has 2 fully saturated rings. The molecule has 9 nitrogen and oxygen atoms in total. The maximum absolute atomic E-state index is 13.0. The highest BCUT2D eigenvalue weighted by Gasteiger charge is 2.26. The third-order valence-corrected chi connectivity index (χ3v) is 7.18. The van der Waals surface area contributed by atoms with Gasteiger partial charge in [0.2, 0.25) is 5.95 Å². The van der Waals surface area contributed by atoms with Gasteiger partial charge >= 0.3 is 0 Å². The number of fused-ring (bicyclic) bond motifs is 1. The van der Waals surface area contributed by atoms with E-state index < -0.39 is 10.8 Å². The molecule has 2 heterocycles. The average Bonchev–Trinajstić information content (AvgIpc) is 3.22. The number of benzene rings is 2. The summed E-state index contributed by atoms with van der Waals surface area (Å²) in [6, 6.07) is 12.1. The molecule has 0 radical (unpaired) electrons. The van der Waals surface area contributed by atoms with E-state index in [2.05, 4.69) is 33.0 Å². The highest BCUT2D eigenvalue weighted by Crippen LogP contribution is 2.35. The molecule has 0 unspecified atom stereocenters. The predicted octanol–water partition coefficient (Wildman–Crippen LogP) is 4.66. The Morgan fingerprint density at radius 3 is 2.60 bits per heavy atom. The Morgan fingerprint density at radius 1 is 1.09 bits per heavy atom. The van der Waals surface area contributed by atoms with E-state index in [0.29, 0.717) is 18.8 Å². The van der Waals surface area contributed by atoms with E-state index >= 15 is 0 Å². The molecule has 184 valence electrons. The fourth-order valence-corrected chi connectivity index (χ4v) is 5.33. The van der Waals surface area contributed by atoms with Crippen molar-refractivity contribution in [3.05, 3.63) is 63.7 Å². The topological polar surface area (TPSA) is 114 Å². The number of hydrogen-bond acceptors (Lipinski definition) is 6. The van der Waals surface area contributed by atoms with Gasteiger partial charge in [0.25, 0.3) is 11.6 Å². The first-order valence-corrected chi connectivity index (χ1v) is 12.4. The maximum Gasteiger partial charge on any atom is 0.270 e. The minimum atomic E-state index is -0.511. The molecule has 1 aliphatic heterocycles. The number of carbonyl (C=O) groups excluding carboxylic acids is 1. The van der Waals surface area contributed by atoms with Crippen LogP contribution in [-0.4, -0.2) is 49.6 Å². The van der Waals surface area contributed by atoms with Crippen molar-refractivity contribution in [2.24, 2.45) is 0 Å². The van der Waals surface area contributed by atoms with E-state index in [-0.39, 0.29) is 23.4 Å². The van der Waals surface area contributed by atoms with Crippen molar-refractivity contribution >= 4 is 28.6 Å². The van der Waals surface area contributed by atoms with Crippen LogP contribution < -0.4 is 5.32 Å². The number of carbonyl (C=O) groups is 1. The zero-order chi connectivity index (χ0) is 24.4. The Morgan fingerprint density at radius 2 is 1.86 bits per heavy atom. The number of likely N-dealkylation sites (tertiary alicyclic amines) is 1. The fraction of sp³-hybridized carbons (Fsp3) is 0.462. The number of anilines is 1. The van der Waals surface area contributed by atoms with Crippen molar-refractivity contribution in [3.63, 3.8) is 0 Å². The van der Waals surface area contributed by atoms with Crippen LogP contribution in [0.5, 0.6) is 0 Å². The quantitative estimate of drug-likeness (QED) is 0.394. The van der Waals surface area contributed by atoms with Crippen LogP contribution in [0.25, 0.3) is 11.0 Å². The van der Waals surface area contributed by atoms with Crippen LogP contribution in [0.2, 0.25) is 0 Å². The largest absolute Gasteiger partial charge is 0.393 e. The Hall–Kier alpha value is -3.30. The van der Waals surface area contributed by atoms with Crippen molar-refractivity contribution in [2.45, 2.75) is 63.6 Å². The predicted molar refractivity (Wildman–Crippen MR) is 133 cm³/mol. The van der Waals surface area contributed by atoms with Crippen LogP contribution >= 0.6 is 0 Å². The van der Waals surface area contributed by atoms with E-state index in [1.807, 2.05) is 0 Å². The lowest BCUT2D eigenvalue weighted by Crippen LogP contribution is -2.29. The van der Waals surface area contributed by atoms with E-state index in [0.717, 1.165) is 43.5 Å². The van der Waals surface area contributed by atoms with Crippen LogP contribution in [-0.2, 0) is 6.54 Å². The second kappa shape index (κ2) is 10.1. The Bertz CT molecular complexity index is 1230. The van der Waals surface area contributed by atoms with Crippen LogP contribution in [0, 0.1) is 10.1 Å². The number of aromatic nitrogens is 2. The molecule has 1 amide bonds. The summed E-state index contributed by atoms with van der Waals surface area (Å²) in [7, 11) is 0. The highest BCUT2D eigenvalue weighted by atomic mass is 16.6.